The molecule has 0 amide bonds. The van der Waals surface area contributed by atoms with Crippen LogP contribution < -0.4 is 4.90 Å². The molecule has 4 heteroatoms. The van der Waals surface area contributed by atoms with Gasteiger partial charge in [-0.05, 0) is 25.0 Å². The average molecular weight is 329 g/mol. The quantitative estimate of drug-likeness (QED) is 0.844. The van der Waals surface area contributed by atoms with Crippen LogP contribution in [0.1, 0.15) is 25.7 Å². The normalized spacial score (nSPS) is 29.4. The summed E-state index contributed by atoms with van der Waals surface area (Å²) in [4.78, 5) is 7.88. The van der Waals surface area contributed by atoms with E-state index in [4.69, 9.17) is 4.74 Å². The van der Waals surface area contributed by atoms with Gasteiger partial charge in [-0.25, -0.2) is 0 Å². The molecule has 0 bridgehead atoms. The highest BCUT2D eigenvalue weighted by atomic mass is 16.5. The van der Waals surface area contributed by atoms with Crippen molar-refractivity contribution in [2.45, 2.75) is 37.8 Å². The van der Waals surface area contributed by atoms with Crippen LogP contribution in [0.25, 0.3) is 0 Å². The molecule has 0 radical (unpaired) electrons. The molecule has 0 N–H and O–H groups in total. The Bertz CT molecular complexity index is 499. The molecule has 1 aliphatic carbocycles. The van der Waals surface area contributed by atoms with Gasteiger partial charge in [0.05, 0.1) is 12.7 Å². The maximum absolute atomic E-state index is 6.01. The summed E-state index contributed by atoms with van der Waals surface area (Å²) in [6.45, 7) is 9.18. The number of fused-ring (bicyclic) bond motifs is 1. The maximum Gasteiger partial charge on any atom is 0.0730 e. The van der Waals surface area contributed by atoms with E-state index in [1.165, 1.54) is 57.5 Å². The van der Waals surface area contributed by atoms with Crippen LogP contribution in [0.2, 0.25) is 0 Å². The Labute approximate surface area is 146 Å². The summed E-state index contributed by atoms with van der Waals surface area (Å²) in [5.74, 6) is 0. The molecule has 3 fully saturated rings. The lowest BCUT2D eigenvalue weighted by Crippen LogP contribution is -2.55. The van der Waals surface area contributed by atoms with Crippen LogP contribution in [-0.4, -0.2) is 74.4 Å². The van der Waals surface area contributed by atoms with Crippen LogP contribution in [0.15, 0.2) is 30.3 Å². The molecule has 24 heavy (non-hydrogen) atoms. The molecule has 3 aliphatic rings. The van der Waals surface area contributed by atoms with Crippen LogP contribution in [0.3, 0.4) is 0 Å². The largest absolute Gasteiger partial charge is 0.375 e. The molecule has 0 spiro atoms. The van der Waals surface area contributed by atoms with Crippen LogP contribution in [0, 0.1) is 0 Å². The molecule has 1 saturated carbocycles. The van der Waals surface area contributed by atoms with Crippen molar-refractivity contribution in [3.8, 4) is 0 Å². The number of hydrogen-bond donors (Lipinski definition) is 0. The lowest BCUT2D eigenvalue weighted by Gasteiger charge is -2.45. The number of morpholine rings is 1. The van der Waals surface area contributed by atoms with Gasteiger partial charge in [-0.2, -0.15) is 0 Å². The zero-order valence-electron chi connectivity index (χ0n) is 14.8. The first-order chi connectivity index (χ1) is 11.9. The summed E-state index contributed by atoms with van der Waals surface area (Å²) in [6, 6.07) is 11.5. The van der Waals surface area contributed by atoms with Crippen LogP contribution in [0.4, 0.5) is 5.69 Å². The van der Waals surface area contributed by atoms with Gasteiger partial charge in [0, 0.05) is 57.5 Å². The standard InChI is InChI=1S/C20H31N3O/c1-2-6-18(7-3-1)22-13-10-21(11-14-22)12-15-23-16-17-24-20-9-5-4-8-19(20)23/h1-3,6-7,19-20H,4-5,8-17H2/t19-,20-/m1/s1. The Morgan fingerprint density at radius 3 is 2.50 bits per heavy atom. The Kier molecular flexibility index (Phi) is 5.36. The van der Waals surface area contributed by atoms with Crippen molar-refractivity contribution in [3.63, 3.8) is 0 Å². The highest BCUT2D eigenvalue weighted by Gasteiger charge is 2.34. The number of para-hydroxylation sites is 1. The number of ether oxygens (including phenoxy) is 1. The van der Waals surface area contributed by atoms with Crippen molar-refractivity contribution in [2.24, 2.45) is 0 Å². The predicted molar refractivity (Wildman–Crippen MR) is 98.7 cm³/mol. The molecular weight excluding hydrogens is 298 g/mol. The summed E-state index contributed by atoms with van der Waals surface area (Å²) >= 11 is 0. The lowest BCUT2D eigenvalue weighted by atomic mass is 9.90. The predicted octanol–water partition coefficient (Wildman–Crippen LogP) is 2.45. The molecule has 2 atom stereocenters. The summed E-state index contributed by atoms with van der Waals surface area (Å²) < 4.78 is 6.01. The van der Waals surface area contributed by atoms with Crippen molar-refractivity contribution in [2.75, 3.05) is 57.3 Å². The highest BCUT2D eigenvalue weighted by Crippen LogP contribution is 2.28. The maximum atomic E-state index is 6.01. The lowest BCUT2D eigenvalue weighted by molar-refractivity contribution is -0.0895. The number of anilines is 1. The number of nitrogens with zero attached hydrogens (tertiary/aromatic N) is 3. The van der Waals surface area contributed by atoms with Crippen molar-refractivity contribution < 1.29 is 4.74 Å². The third-order valence-electron chi connectivity index (χ3n) is 6.04. The van der Waals surface area contributed by atoms with Gasteiger partial charge >= 0.3 is 0 Å². The van der Waals surface area contributed by atoms with Gasteiger partial charge in [-0.15, -0.1) is 0 Å². The first-order valence-electron chi connectivity index (χ1n) is 9.78. The molecule has 4 rings (SSSR count). The minimum atomic E-state index is 0.516. The molecule has 0 unspecified atom stereocenters. The fraction of sp³-hybridized carbons (Fsp3) is 0.700. The van der Waals surface area contributed by atoms with Crippen molar-refractivity contribution in [3.05, 3.63) is 30.3 Å². The van der Waals surface area contributed by atoms with Crippen molar-refractivity contribution >= 4 is 5.69 Å². The zero-order chi connectivity index (χ0) is 16.2. The molecular formula is C20H31N3O. The molecule has 132 valence electrons. The van der Waals surface area contributed by atoms with Crippen LogP contribution in [0.5, 0.6) is 0 Å². The molecule has 1 aromatic carbocycles. The van der Waals surface area contributed by atoms with Gasteiger partial charge in [0.25, 0.3) is 0 Å². The number of piperazine rings is 1. The molecule has 2 saturated heterocycles. The van der Waals surface area contributed by atoms with E-state index >= 15 is 0 Å². The third-order valence-corrected chi connectivity index (χ3v) is 6.04. The van der Waals surface area contributed by atoms with Gasteiger partial charge < -0.3 is 9.64 Å². The first-order valence-corrected chi connectivity index (χ1v) is 9.78. The van der Waals surface area contributed by atoms with Gasteiger partial charge in [-0.3, -0.25) is 9.80 Å². The van der Waals surface area contributed by atoms with E-state index in [0.29, 0.717) is 12.1 Å². The van der Waals surface area contributed by atoms with E-state index in [1.54, 1.807) is 0 Å². The van der Waals surface area contributed by atoms with Gasteiger partial charge in [0.2, 0.25) is 0 Å². The molecule has 2 aliphatic heterocycles. The summed E-state index contributed by atoms with van der Waals surface area (Å²) in [7, 11) is 0. The van der Waals surface area contributed by atoms with E-state index in [-0.39, 0.29) is 0 Å². The zero-order valence-corrected chi connectivity index (χ0v) is 14.8. The topological polar surface area (TPSA) is 19.0 Å². The van der Waals surface area contributed by atoms with Crippen molar-refractivity contribution in [1.29, 1.82) is 0 Å². The fourth-order valence-electron chi connectivity index (χ4n) is 4.59. The Morgan fingerprint density at radius 2 is 1.67 bits per heavy atom. The monoisotopic (exact) mass is 329 g/mol. The van der Waals surface area contributed by atoms with Gasteiger partial charge in [0.1, 0.15) is 0 Å². The summed E-state index contributed by atoms with van der Waals surface area (Å²) in [5, 5.41) is 0. The Balaban J connectivity index is 1.24. The van der Waals surface area contributed by atoms with E-state index in [2.05, 4.69) is 45.0 Å². The van der Waals surface area contributed by atoms with Gasteiger partial charge in [0.15, 0.2) is 0 Å². The van der Waals surface area contributed by atoms with E-state index in [1.807, 2.05) is 0 Å². The van der Waals surface area contributed by atoms with E-state index < -0.39 is 0 Å². The number of hydrogen-bond acceptors (Lipinski definition) is 4. The van der Waals surface area contributed by atoms with Gasteiger partial charge in [-0.1, -0.05) is 31.0 Å². The van der Waals surface area contributed by atoms with Crippen molar-refractivity contribution in [1.82, 2.24) is 9.80 Å². The fourth-order valence-corrected chi connectivity index (χ4v) is 4.59. The third kappa shape index (κ3) is 3.76. The minimum absolute atomic E-state index is 0.516. The first kappa shape index (κ1) is 16.4. The molecule has 4 nitrogen and oxygen atoms in total. The molecule has 2 heterocycles. The average Bonchev–Trinajstić information content (AvgIpc) is 2.67. The summed E-state index contributed by atoms with van der Waals surface area (Å²) in [5.41, 5.74) is 1.37. The molecule has 1 aromatic rings. The van der Waals surface area contributed by atoms with E-state index in [0.717, 1.165) is 26.2 Å². The SMILES string of the molecule is c1ccc(N2CCN(CCN3CCO[C@@H]4CCCC[C@H]43)CC2)cc1. The second kappa shape index (κ2) is 7.85. The smallest absolute Gasteiger partial charge is 0.0730 e. The Hall–Kier alpha value is -1.10. The van der Waals surface area contributed by atoms with Crippen LogP contribution >= 0.6 is 0 Å². The second-order valence-corrected chi connectivity index (χ2v) is 7.46. The van der Waals surface area contributed by atoms with E-state index in [9.17, 15) is 0 Å². The Morgan fingerprint density at radius 1 is 0.875 bits per heavy atom. The van der Waals surface area contributed by atoms with Crippen LogP contribution in [-0.2, 0) is 4.74 Å². The number of rotatable bonds is 4. The second-order valence-electron chi connectivity index (χ2n) is 7.46. The summed E-state index contributed by atoms with van der Waals surface area (Å²) in [6.07, 6.45) is 5.87. The number of benzene rings is 1. The molecule has 0 aromatic heterocycles. The minimum Gasteiger partial charge on any atom is -0.375 e. The highest BCUT2D eigenvalue weighted by molar-refractivity contribution is 5.46.